The summed E-state index contributed by atoms with van der Waals surface area (Å²) in [6.07, 6.45) is 3.41. The molecule has 0 aliphatic rings. The molecule has 3 nitrogen and oxygen atoms in total. The molecule has 0 spiro atoms. The van der Waals surface area contributed by atoms with Gasteiger partial charge in [0.2, 0.25) is 0 Å². The quantitative estimate of drug-likeness (QED) is 0.893. The van der Waals surface area contributed by atoms with E-state index >= 15 is 0 Å². The van der Waals surface area contributed by atoms with Gasteiger partial charge in [-0.25, -0.2) is 0 Å². The number of pyridine rings is 1. The number of nitrogens with zero attached hydrogens (tertiary/aromatic N) is 1. The fourth-order valence-corrected chi connectivity index (χ4v) is 2.08. The molecule has 2 rings (SSSR count). The van der Waals surface area contributed by atoms with Gasteiger partial charge < -0.3 is 10.5 Å². The maximum atomic E-state index is 6.13. The average Bonchev–Trinajstić information content (AvgIpc) is 2.46. The maximum Gasteiger partial charge on any atom is 0.0982 e. The molecule has 0 amide bonds. The number of aromatic nitrogens is 1. The van der Waals surface area contributed by atoms with Gasteiger partial charge in [-0.3, -0.25) is 4.98 Å². The summed E-state index contributed by atoms with van der Waals surface area (Å²) in [6.45, 7) is 4.01. The van der Waals surface area contributed by atoms with Gasteiger partial charge in [-0.2, -0.15) is 0 Å². The number of nitrogens with two attached hydrogens (primary N) is 1. The van der Waals surface area contributed by atoms with Crippen molar-refractivity contribution in [2.75, 3.05) is 0 Å². The standard InChI is InChI=1S/C16H20N2O/c1-12(17)16(15-8-10-18-11-9-15)19-13(2)14-6-4-3-5-7-14/h3-13,16H,17H2,1-2H3. The van der Waals surface area contributed by atoms with Gasteiger partial charge in [-0.1, -0.05) is 30.3 Å². The zero-order valence-corrected chi connectivity index (χ0v) is 11.4. The van der Waals surface area contributed by atoms with Crippen molar-refractivity contribution in [1.82, 2.24) is 4.98 Å². The van der Waals surface area contributed by atoms with E-state index in [4.69, 9.17) is 10.5 Å². The van der Waals surface area contributed by atoms with Crippen molar-refractivity contribution in [2.45, 2.75) is 32.1 Å². The zero-order valence-electron chi connectivity index (χ0n) is 11.4. The Morgan fingerprint density at radius 1 is 0.947 bits per heavy atom. The van der Waals surface area contributed by atoms with E-state index in [0.29, 0.717) is 0 Å². The molecule has 19 heavy (non-hydrogen) atoms. The van der Waals surface area contributed by atoms with Crippen molar-refractivity contribution in [3.63, 3.8) is 0 Å². The summed E-state index contributed by atoms with van der Waals surface area (Å²) in [6, 6.07) is 14.0. The molecule has 0 bridgehead atoms. The average molecular weight is 256 g/mol. The third kappa shape index (κ3) is 3.63. The van der Waals surface area contributed by atoms with Crippen LogP contribution in [0.5, 0.6) is 0 Å². The molecule has 3 unspecified atom stereocenters. The van der Waals surface area contributed by atoms with Gasteiger partial charge in [0.05, 0.1) is 12.2 Å². The summed E-state index contributed by atoms with van der Waals surface area (Å²) in [4.78, 5) is 4.03. The van der Waals surface area contributed by atoms with Crippen LogP contribution in [-0.2, 0) is 4.74 Å². The Morgan fingerprint density at radius 2 is 1.58 bits per heavy atom. The number of benzene rings is 1. The fourth-order valence-electron chi connectivity index (χ4n) is 2.08. The molecule has 0 aliphatic heterocycles. The SMILES string of the molecule is CC(OC(c1ccncc1)C(C)N)c1ccccc1. The first kappa shape index (κ1) is 13.7. The summed E-state index contributed by atoms with van der Waals surface area (Å²) in [5.41, 5.74) is 8.27. The van der Waals surface area contributed by atoms with Crippen LogP contribution >= 0.6 is 0 Å². The minimum absolute atomic E-state index is 0.00497. The third-order valence-corrected chi connectivity index (χ3v) is 3.13. The Hall–Kier alpha value is -1.71. The van der Waals surface area contributed by atoms with Crippen LogP contribution in [0.3, 0.4) is 0 Å². The molecule has 0 aliphatic carbocycles. The van der Waals surface area contributed by atoms with Crippen LogP contribution in [0.25, 0.3) is 0 Å². The van der Waals surface area contributed by atoms with Crippen molar-refractivity contribution in [2.24, 2.45) is 5.73 Å². The van der Waals surface area contributed by atoms with Crippen LogP contribution < -0.4 is 5.73 Å². The van der Waals surface area contributed by atoms with E-state index in [2.05, 4.69) is 17.1 Å². The normalized spacial score (nSPS) is 15.7. The summed E-state index contributed by atoms with van der Waals surface area (Å²) in [7, 11) is 0. The highest BCUT2D eigenvalue weighted by Gasteiger charge is 2.20. The monoisotopic (exact) mass is 256 g/mol. The molecule has 1 heterocycles. The second-order valence-electron chi connectivity index (χ2n) is 4.75. The molecular formula is C16H20N2O. The van der Waals surface area contributed by atoms with E-state index < -0.39 is 0 Å². The summed E-state index contributed by atoms with van der Waals surface area (Å²) in [5, 5.41) is 0. The van der Waals surface area contributed by atoms with Gasteiger partial charge >= 0.3 is 0 Å². The van der Waals surface area contributed by atoms with E-state index in [1.807, 2.05) is 44.2 Å². The molecule has 3 atom stereocenters. The van der Waals surface area contributed by atoms with Crippen molar-refractivity contribution in [1.29, 1.82) is 0 Å². The molecular weight excluding hydrogens is 236 g/mol. The molecule has 0 saturated carbocycles. The van der Waals surface area contributed by atoms with Gasteiger partial charge in [0, 0.05) is 18.4 Å². The first-order chi connectivity index (χ1) is 9.18. The molecule has 2 N–H and O–H groups in total. The number of hydrogen-bond acceptors (Lipinski definition) is 3. The van der Waals surface area contributed by atoms with Gasteiger partial charge in [0.1, 0.15) is 0 Å². The molecule has 0 fully saturated rings. The third-order valence-electron chi connectivity index (χ3n) is 3.13. The van der Waals surface area contributed by atoms with E-state index in [0.717, 1.165) is 11.1 Å². The lowest BCUT2D eigenvalue weighted by atomic mass is 10.0. The van der Waals surface area contributed by atoms with Crippen LogP contribution in [-0.4, -0.2) is 11.0 Å². The Kier molecular flexibility index (Phi) is 4.66. The Labute approximate surface area is 114 Å². The molecule has 2 aromatic rings. The lowest BCUT2D eigenvalue weighted by Crippen LogP contribution is -2.27. The van der Waals surface area contributed by atoms with Crippen LogP contribution in [0.1, 0.15) is 37.2 Å². The van der Waals surface area contributed by atoms with Gasteiger partial charge in [0.15, 0.2) is 0 Å². The molecule has 0 radical (unpaired) electrons. The number of hydrogen-bond donors (Lipinski definition) is 1. The maximum absolute atomic E-state index is 6.13. The number of ether oxygens (including phenoxy) is 1. The predicted octanol–water partition coefficient (Wildman–Crippen LogP) is 3.25. The van der Waals surface area contributed by atoms with E-state index in [-0.39, 0.29) is 18.2 Å². The lowest BCUT2D eigenvalue weighted by molar-refractivity contribution is -0.0162. The first-order valence-corrected chi connectivity index (χ1v) is 6.54. The van der Waals surface area contributed by atoms with Crippen molar-refractivity contribution in [3.8, 4) is 0 Å². The van der Waals surface area contributed by atoms with Crippen LogP contribution in [0, 0.1) is 0 Å². The van der Waals surface area contributed by atoms with E-state index in [1.54, 1.807) is 12.4 Å². The molecule has 3 heteroatoms. The van der Waals surface area contributed by atoms with Crippen molar-refractivity contribution in [3.05, 3.63) is 66.0 Å². The largest absolute Gasteiger partial charge is 0.364 e. The minimum Gasteiger partial charge on any atom is -0.364 e. The highest BCUT2D eigenvalue weighted by Crippen LogP contribution is 2.27. The topological polar surface area (TPSA) is 48.1 Å². The van der Waals surface area contributed by atoms with Crippen molar-refractivity contribution < 1.29 is 4.74 Å². The second kappa shape index (κ2) is 6.45. The summed E-state index contributed by atoms with van der Waals surface area (Å²) < 4.78 is 6.13. The highest BCUT2D eigenvalue weighted by atomic mass is 16.5. The van der Waals surface area contributed by atoms with Gasteiger partial charge in [-0.05, 0) is 37.1 Å². The second-order valence-corrected chi connectivity index (χ2v) is 4.75. The Balaban J connectivity index is 2.14. The highest BCUT2D eigenvalue weighted by molar-refractivity contribution is 5.19. The molecule has 1 aromatic carbocycles. The van der Waals surface area contributed by atoms with E-state index in [9.17, 15) is 0 Å². The molecule has 0 saturated heterocycles. The van der Waals surface area contributed by atoms with Gasteiger partial charge in [-0.15, -0.1) is 0 Å². The zero-order chi connectivity index (χ0) is 13.7. The summed E-state index contributed by atoms with van der Waals surface area (Å²) in [5.74, 6) is 0. The number of rotatable bonds is 5. The molecule has 1 aromatic heterocycles. The minimum atomic E-state index is -0.127. The van der Waals surface area contributed by atoms with Crippen LogP contribution in [0.4, 0.5) is 0 Å². The fraction of sp³-hybridized carbons (Fsp3) is 0.312. The lowest BCUT2D eigenvalue weighted by Gasteiger charge is -2.26. The Morgan fingerprint density at radius 3 is 2.16 bits per heavy atom. The Bertz CT molecular complexity index is 485. The van der Waals surface area contributed by atoms with Crippen LogP contribution in [0.15, 0.2) is 54.9 Å². The first-order valence-electron chi connectivity index (χ1n) is 6.54. The van der Waals surface area contributed by atoms with Gasteiger partial charge in [0.25, 0.3) is 0 Å². The predicted molar refractivity (Wildman–Crippen MR) is 76.6 cm³/mol. The summed E-state index contributed by atoms with van der Waals surface area (Å²) >= 11 is 0. The molecule has 100 valence electrons. The smallest absolute Gasteiger partial charge is 0.0982 e. The van der Waals surface area contributed by atoms with E-state index in [1.165, 1.54) is 0 Å². The van der Waals surface area contributed by atoms with Crippen molar-refractivity contribution >= 4 is 0 Å². The van der Waals surface area contributed by atoms with Crippen LogP contribution in [0.2, 0.25) is 0 Å².